The molecule has 2 fully saturated rings. The summed E-state index contributed by atoms with van der Waals surface area (Å²) in [6.45, 7) is 1.33. The Kier molecular flexibility index (Phi) is 4.99. The Morgan fingerprint density at radius 1 is 1.29 bits per heavy atom. The maximum atomic E-state index is 13.5. The van der Waals surface area contributed by atoms with Crippen LogP contribution in [0.3, 0.4) is 0 Å². The van der Waals surface area contributed by atoms with Crippen LogP contribution >= 0.6 is 0 Å². The maximum Gasteiger partial charge on any atom is 0.243 e. The number of nitrogens with zero attached hydrogens (tertiary/aromatic N) is 1. The van der Waals surface area contributed by atoms with Gasteiger partial charge in [-0.1, -0.05) is 0 Å². The summed E-state index contributed by atoms with van der Waals surface area (Å²) in [5.41, 5.74) is 0.639. The number of hydrogen-bond donors (Lipinski definition) is 2. The number of amides is 1. The normalized spacial score (nSPS) is 27.7. The van der Waals surface area contributed by atoms with Crippen LogP contribution in [-0.2, 0) is 4.79 Å². The second kappa shape index (κ2) is 7.01. The number of rotatable bonds is 3. The van der Waals surface area contributed by atoms with Crippen LogP contribution in [0.15, 0.2) is 18.2 Å². The molecule has 2 aliphatic rings. The maximum absolute atomic E-state index is 13.5. The first-order valence-electron chi connectivity index (χ1n) is 8.23. The van der Waals surface area contributed by atoms with Crippen molar-refractivity contribution < 1.29 is 23.1 Å². The monoisotopic (exact) mass is 342 g/mol. The van der Waals surface area contributed by atoms with Crippen LogP contribution in [-0.4, -0.2) is 48.5 Å². The molecule has 3 atom stereocenters. The molecule has 0 bridgehead atoms. The summed E-state index contributed by atoms with van der Waals surface area (Å²) in [4.78, 5) is 14.3. The minimum Gasteiger partial charge on any atom is -0.508 e. The van der Waals surface area contributed by atoms with Crippen LogP contribution in [0.5, 0.6) is 5.75 Å². The average Bonchev–Trinajstić information content (AvgIpc) is 3.03. The van der Waals surface area contributed by atoms with Gasteiger partial charge < -0.3 is 15.3 Å². The molecule has 0 saturated carbocycles. The van der Waals surface area contributed by atoms with Crippen molar-refractivity contribution in [1.82, 2.24) is 10.2 Å². The molecule has 1 aromatic carbocycles. The molecule has 2 aliphatic heterocycles. The first-order chi connectivity index (χ1) is 11.5. The van der Waals surface area contributed by atoms with Gasteiger partial charge in [-0.3, -0.25) is 4.79 Å². The number of halogens is 3. The molecule has 3 rings (SSSR count). The number of benzene rings is 1. The molecule has 1 amide bonds. The molecule has 0 aliphatic carbocycles. The summed E-state index contributed by atoms with van der Waals surface area (Å²) < 4.78 is 39.6. The van der Waals surface area contributed by atoms with Crippen molar-refractivity contribution in [2.75, 3.05) is 26.2 Å². The van der Waals surface area contributed by atoms with Crippen LogP contribution < -0.4 is 5.32 Å². The van der Waals surface area contributed by atoms with Gasteiger partial charge in [-0.25, -0.2) is 13.2 Å². The predicted molar refractivity (Wildman–Crippen MR) is 82.5 cm³/mol. The lowest BCUT2D eigenvalue weighted by molar-refractivity contribution is -0.139. The van der Waals surface area contributed by atoms with Gasteiger partial charge in [-0.2, -0.15) is 0 Å². The minimum absolute atomic E-state index is 0.0938. The number of phenolic OH excluding ortho intramolecular Hbond substituents is 1. The van der Waals surface area contributed by atoms with E-state index in [1.165, 1.54) is 12.1 Å². The van der Waals surface area contributed by atoms with E-state index in [0.29, 0.717) is 18.7 Å². The van der Waals surface area contributed by atoms with Gasteiger partial charge in [0.2, 0.25) is 12.3 Å². The third kappa shape index (κ3) is 3.50. The summed E-state index contributed by atoms with van der Waals surface area (Å²) in [5, 5.41) is 12.4. The number of phenols is 1. The zero-order chi connectivity index (χ0) is 17.3. The topological polar surface area (TPSA) is 52.6 Å². The number of alkyl halides is 2. The molecule has 2 N–H and O–H groups in total. The fraction of sp³-hybridized carbons (Fsp3) is 0.588. The lowest BCUT2D eigenvalue weighted by Gasteiger charge is -2.35. The van der Waals surface area contributed by atoms with E-state index in [2.05, 4.69) is 5.32 Å². The lowest BCUT2D eigenvalue weighted by Crippen LogP contribution is -2.45. The highest BCUT2D eigenvalue weighted by Gasteiger charge is 2.41. The summed E-state index contributed by atoms with van der Waals surface area (Å²) in [6, 6.07) is 3.89. The smallest absolute Gasteiger partial charge is 0.243 e. The zero-order valence-electron chi connectivity index (χ0n) is 13.2. The summed E-state index contributed by atoms with van der Waals surface area (Å²) in [5.74, 6) is -2.67. The number of carbonyl (C=O) groups excluding carboxylic acids is 1. The van der Waals surface area contributed by atoms with Crippen LogP contribution in [0.4, 0.5) is 13.2 Å². The van der Waals surface area contributed by atoms with E-state index in [9.17, 15) is 23.1 Å². The van der Waals surface area contributed by atoms with Gasteiger partial charge in [0, 0.05) is 44.1 Å². The van der Waals surface area contributed by atoms with Gasteiger partial charge in [0.15, 0.2) is 0 Å². The van der Waals surface area contributed by atoms with Gasteiger partial charge >= 0.3 is 0 Å². The van der Waals surface area contributed by atoms with Crippen LogP contribution in [0.1, 0.15) is 24.3 Å². The highest BCUT2D eigenvalue weighted by molar-refractivity contribution is 5.80. The number of piperidine rings is 1. The molecule has 0 aromatic heterocycles. The van der Waals surface area contributed by atoms with E-state index in [0.717, 1.165) is 18.9 Å². The summed E-state index contributed by atoms with van der Waals surface area (Å²) in [6.07, 6.45) is -1.02. The second-order valence-electron chi connectivity index (χ2n) is 6.63. The molecule has 1 unspecified atom stereocenters. The van der Waals surface area contributed by atoms with E-state index in [-0.39, 0.29) is 30.7 Å². The zero-order valence-corrected chi connectivity index (χ0v) is 13.2. The molecule has 24 heavy (non-hydrogen) atoms. The van der Waals surface area contributed by atoms with E-state index in [1.807, 2.05) is 0 Å². The fourth-order valence-electron chi connectivity index (χ4n) is 3.75. The Morgan fingerprint density at radius 3 is 2.79 bits per heavy atom. The summed E-state index contributed by atoms with van der Waals surface area (Å²) >= 11 is 0. The Morgan fingerprint density at radius 2 is 2.08 bits per heavy atom. The van der Waals surface area contributed by atoms with Gasteiger partial charge in [-0.15, -0.1) is 0 Å². The molecule has 7 heteroatoms. The number of likely N-dealkylation sites (tertiary alicyclic amines) is 1. The van der Waals surface area contributed by atoms with Crippen molar-refractivity contribution in [3.05, 3.63) is 29.6 Å². The second-order valence-corrected chi connectivity index (χ2v) is 6.63. The molecule has 132 valence electrons. The molecular formula is C17H21F3N2O2. The quantitative estimate of drug-likeness (QED) is 0.887. The first-order valence-corrected chi connectivity index (χ1v) is 8.23. The molecule has 1 aromatic rings. The van der Waals surface area contributed by atoms with Gasteiger partial charge in [0.05, 0.1) is 5.92 Å². The molecule has 4 nitrogen and oxygen atoms in total. The Hall–Kier alpha value is -1.76. The third-order valence-electron chi connectivity index (χ3n) is 5.01. The molecule has 2 heterocycles. The van der Waals surface area contributed by atoms with Crippen LogP contribution in [0.2, 0.25) is 0 Å². The predicted octanol–water partition coefficient (Wildman–Crippen LogP) is 2.34. The Labute approximate surface area is 138 Å². The average molecular weight is 342 g/mol. The standard InChI is InChI=1S/C17H21F3N2O2/c18-12-4-11(5-13(23)6-12)10-2-1-3-22(9-10)17(24)15-8-21-7-14(15)16(19)20/h4-6,10,14-16,21,23H,1-3,7-9H2/t10?,14-,15-/m1/s1. The number of nitrogens with one attached hydrogen (secondary N) is 1. The van der Waals surface area contributed by atoms with Crippen LogP contribution in [0.25, 0.3) is 0 Å². The van der Waals surface area contributed by atoms with Crippen molar-refractivity contribution in [3.8, 4) is 5.75 Å². The fourth-order valence-corrected chi connectivity index (χ4v) is 3.75. The van der Waals surface area contributed by atoms with Crippen molar-refractivity contribution in [3.63, 3.8) is 0 Å². The highest BCUT2D eigenvalue weighted by atomic mass is 19.3. The van der Waals surface area contributed by atoms with Crippen molar-refractivity contribution >= 4 is 5.91 Å². The lowest BCUT2D eigenvalue weighted by atomic mass is 9.88. The Bertz CT molecular complexity index is 591. The van der Waals surface area contributed by atoms with E-state index < -0.39 is 24.1 Å². The highest BCUT2D eigenvalue weighted by Crippen LogP contribution is 2.32. The summed E-state index contributed by atoms with van der Waals surface area (Å²) in [7, 11) is 0. The van der Waals surface area contributed by atoms with E-state index in [1.54, 1.807) is 4.90 Å². The van der Waals surface area contributed by atoms with Crippen molar-refractivity contribution in [1.29, 1.82) is 0 Å². The molecular weight excluding hydrogens is 321 g/mol. The number of aromatic hydroxyl groups is 1. The van der Waals surface area contributed by atoms with E-state index >= 15 is 0 Å². The van der Waals surface area contributed by atoms with Crippen molar-refractivity contribution in [2.24, 2.45) is 11.8 Å². The molecule has 0 spiro atoms. The number of hydrogen-bond acceptors (Lipinski definition) is 3. The third-order valence-corrected chi connectivity index (χ3v) is 5.01. The largest absolute Gasteiger partial charge is 0.508 e. The van der Waals surface area contributed by atoms with Gasteiger partial charge in [-0.05, 0) is 30.5 Å². The first kappa shape index (κ1) is 17.1. The number of carbonyl (C=O) groups is 1. The Balaban J connectivity index is 1.72. The molecule has 0 radical (unpaired) electrons. The van der Waals surface area contributed by atoms with Crippen molar-refractivity contribution in [2.45, 2.75) is 25.2 Å². The van der Waals surface area contributed by atoms with Gasteiger partial charge in [0.1, 0.15) is 11.6 Å². The minimum atomic E-state index is -2.52. The molecule has 2 saturated heterocycles. The van der Waals surface area contributed by atoms with E-state index in [4.69, 9.17) is 0 Å². The SMILES string of the molecule is O=C([C@@H]1CNC[C@H]1C(F)F)N1CCCC(c2cc(O)cc(F)c2)C1. The van der Waals surface area contributed by atoms with Gasteiger partial charge in [0.25, 0.3) is 0 Å². The van der Waals surface area contributed by atoms with Crippen LogP contribution in [0, 0.1) is 17.7 Å².